The van der Waals surface area contributed by atoms with Crippen LogP contribution in [0.5, 0.6) is 5.88 Å². The second-order valence-corrected chi connectivity index (χ2v) is 4.65. The molecule has 1 atom stereocenters. The third kappa shape index (κ3) is 2.95. The molecule has 0 amide bonds. The van der Waals surface area contributed by atoms with Crippen LogP contribution in [0.1, 0.15) is 44.2 Å². The van der Waals surface area contributed by atoms with Gasteiger partial charge in [-0.3, -0.25) is 0 Å². The lowest BCUT2D eigenvalue weighted by Gasteiger charge is -2.24. The summed E-state index contributed by atoms with van der Waals surface area (Å²) in [4.78, 5) is 4.18. The van der Waals surface area contributed by atoms with Crippen LogP contribution in [0.15, 0.2) is 18.3 Å². The monoisotopic (exact) mass is 220 g/mol. The van der Waals surface area contributed by atoms with Crippen LogP contribution >= 0.6 is 0 Å². The molecule has 0 saturated heterocycles. The minimum absolute atomic E-state index is 0.0389. The predicted octanol–water partition coefficient (Wildman–Crippen LogP) is 2.67. The van der Waals surface area contributed by atoms with E-state index in [-0.39, 0.29) is 6.04 Å². The lowest BCUT2D eigenvalue weighted by Crippen LogP contribution is -2.15. The Balaban J connectivity index is 1.81. The van der Waals surface area contributed by atoms with Crippen molar-refractivity contribution in [3.63, 3.8) is 0 Å². The fraction of sp³-hybridized carbons (Fsp3) is 0.615. The molecule has 0 aliphatic heterocycles. The maximum atomic E-state index is 5.81. The van der Waals surface area contributed by atoms with Gasteiger partial charge in [0.25, 0.3) is 0 Å². The first-order valence-corrected chi connectivity index (χ1v) is 6.10. The van der Waals surface area contributed by atoms with Crippen LogP contribution in [-0.4, -0.2) is 11.6 Å². The molecule has 0 unspecified atom stereocenters. The van der Waals surface area contributed by atoms with Crippen LogP contribution in [0.2, 0.25) is 0 Å². The molecule has 1 fully saturated rings. The number of aromatic nitrogens is 1. The molecule has 3 nitrogen and oxygen atoms in total. The van der Waals surface area contributed by atoms with Gasteiger partial charge in [-0.1, -0.05) is 19.3 Å². The molecule has 0 aromatic carbocycles. The number of nitrogens with two attached hydrogens (primary N) is 1. The van der Waals surface area contributed by atoms with Gasteiger partial charge < -0.3 is 10.5 Å². The fourth-order valence-electron chi connectivity index (χ4n) is 1.90. The lowest BCUT2D eigenvalue weighted by molar-refractivity contribution is 0.217. The van der Waals surface area contributed by atoms with Crippen molar-refractivity contribution < 1.29 is 4.74 Å². The molecule has 3 heteroatoms. The van der Waals surface area contributed by atoms with E-state index in [9.17, 15) is 0 Å². The van der Waals surface area contributed by atoms with E-state index in [1.807, 2.05) is 19.1 Å². The maximum absolute atomic E-state index is 5.81. The summed E-state index contributed by atoms with van der Waals surface area (Å²) in [6.45, 7) is 2.74. The molecule has 2 N–H and O–H groups in total. The first-order chi connectivity index (χ1) is 7.75. The number of pyridine rings is 1. The van der Waals surface area contributed by atoms with Crippen LogP contribution in [-0.2, 0) is 0 Å². The standard InChI is InChI=1S/C13H20N2O/c1-10(14)12-5-7-15-13(9-12)16-8-6-11-3-2-4-11/h5,7,9-11H,2-4,6,8,14H2,1H3/t10-/m1/s1. The highest BCUT2D eigenvalue weighted by Crippen LogP contribution is 2.29. The number of hydrogen-bond donors (Lipinski definition) is 1. The quantitative estimate of drug-likeness (QED) is 0.830. The van der Waals surface area contributed by atoms with Gasteiger partial charge in [-0.25, -0.2) is 4.98 Å². The third-order valence-corrected chi connectivity index (χ3v) is 3.29. The third-order valence-electron chi connectivity index (χ3n) is 3.29. The zero-order valence-electron chi connectivity index (χ0n) is 9.86. The van der Waals surface area contributed by atoms with E-state index in [1.165, 1.54) is 19.3 Å². The van der Waals surface area contributed by atoms with Crippen molar-refractivity contribution in [1.82, 2.24) is 4.98 Å². The van der Waals surface area contributed by atoms with Gasteiger partial charge >= 0.3 is 0 Å². The summed E-state index contributed by atoms with van der Waals surface area (Å²) in [5.41, 5.74) is 6.88. The zero-order valence-corrected chi connectivity index (χ0v) is 9.86. The minimum atomic E-state index is 0.0389. The average Bonchev–Trinajstić information content (AvgIpc) is 2.22. The fourth-order valence-corrected chi connectivity index (χ4v) is 1.90. The predicted molar refractivity (Wildman–Crippen MR) is 64.3 cm³/mol. The molecular weight excluding hydrogens is 200 g/mol. The molecule has 0 bridgehead atoms. The van der Waals surface area contributed by atoms with Crippen molar-refractivity contribution in [3.05, 3.63) is 23.9 Å². The van der Waals surface area contributed by atoms with Crippen LogP contribution in [0.4, 0.5) is 0 Å². The van der Waals surface area contributed by atoms with E-state index in [1.54, 1.807) is 6.20 Å². The normalized spacial score (nSPS) is 17.9. The van der Waals surface area contributed by atoms with Crippen LogP contribution in [0.25, 0.3) is 0 Å². The van der Waals surface area contributed by atoms with Crippen molar-refractivity contribution in [2.75, 3.05) is 6.61 Å². The van der Waals surface area contributed by atoms with Gasteiger partial charge in [0, 0.05) is 18.3 Å². The van der Waals surface area contributed by atoms with Crippen molar-refractivity contribution in [3.8, 4) is 5.88 Å². The van der Waals surface area contributed by atoms with Crippen molar-refractivity contribution in [2.45, 2.75) is 38.6 Å². The molecule has 1 aromatic heterocycles. The summed E-state index contributed by atoms with van der Waals surface area (Å²) < 4.78 is 5.64. The van der Waals surface area contributed by atoms with Gasteiger partial charge in [0.05, 0.1) is 6.61 Å². The lowest BCUT2D eigenvalue weighted by atomic mass is 9.83. The molecule has 1 aromatic rings. The second kappa shape index (κ2) is 5.30. The largest absolute Gasteiger partial charge is 0.478 e. The van der Waals surface area contributed by atoms with Gasteiger partial charge in [-0.15, -0.1) is 0 Å². The highest BCUT2D eigenvalue weighted by Gasteiger charge is 2.16. The zero-order chi connectivity index (χ0) is 11.4. The van der Waals surface area contributed by atoms with Gasteiger partial charge in [0.15, 0.2) is 0 Å². The van der Waals surface area contributed by atoms with E-state index >= 15 is 0 Å². The molecule has 1 aliphatic carbocycles. The highest BCUT2D eigenvalue weighted by atomic mass is 16.5. The van der Waals surface area contributed by atoms with Crippen molar-refractivity contribution in [1.29, 1.82) is 0 Å². The molecular formula is C13H20N2O. The Kier molecular flexibility index (Phi) is 3.78. The number of nitrogens with zero attached hydrogens (tertiary/aromatic N) is 1. The molecule has 2 rings (SSSR count). The van der Waals surface area contributed by atoms with E-state index in [0.29, 0.717) is 5.88 Å². The SMILES string of the molecule is C[C@@H](N)c1ccnc(OCCC2CCC2)c1. The van der Waals surface area contributed by atoms with E-state index in [2.05, 4.69) is 4.98 Å². The summed E-state index contributed by atoms with van der Waals surface area (Å²) in [6, 6.07) is 3.91. The highest BCUT2D eigenvalue weighted by molar-refractivity contribution is 5.22. The summed E-state index contributed by atoms with van der Waals surface area (Å²) >= 11 is 0. The Bertz CT molecular complexity index is 334. The first kappa shape index (κ1) is 11.4. The smallest absolute Gasteiger partial charge is 0.213 e. The molecule has 1 heterocycles. The van der Waals surface area contributed by atoms with Gasteiger partial charge in [0.2, 0.25) is 5.88 Å². The topological polar surface area (TPSA) is 48.1 Å². The molecule has 1 aliphatic rings. The Morgan fingerprint density at radius 3 is 3.00 bits per heavy atom. The van der Waals surface area contributed by atoms with Gasteiger partial charge in [-0.2, -0.15) is 0 Å². The maximum Gasteiger partial charge on any atom is 0.213 e. The molecule has 88 valence electrons. The van der Waals surface area contributed by atoms with Crippen LogP contribution < -0.4 is 10.5 Å². The molecule has 1 saturated carbocycles. The summed E-state index contributed by atoms with van der Waals surface area (Å²) in [6.07, 6.45) is 7.05. The van der Waals surface area contributed by atoms with Crippen LogP contribution in [0.3, 0.4) is 0 Å². The van der Waals surface area contributed by atoms with E-state index < -0.39 is 0 Å². The first-order valence-electron chi connectivity index (χ1n) is 6.10. The summed E-state index contributed by atoms with van der Waals surface area (Å²) in [7, 11) is 0. The Morgan fingerprint density at radius 1 is 1.56 bits per heavy atom. The van der Waals surface area contributed by atoms with Crippen molar-refractivity contribution in [2.24, 2.45) is 11.7 Å². The summed E-state index contributed by atoms with van der Waals surface area (Å²) in [5.74, 6) is 1.59. The van der Waals surface area contributed by atoms with Gasteiger partial charge in [0.1, 0.15) is 0 Å². The van der Waals surface area contributed by atoms with Crippen LogP contribution in [0, 0.1) is 5.92 Å². The molecule has 0 radical (unpaired) electrons. The Hall–Kier alpha value is -1.09. The van der Waals surface area contributed by atoms with E-state index in [4.69, 9.17) is 10.5 Å². The average molecular weight is 220 g/mol. The van der Waals surface area contributed by atoms with E-state index in [0.717, 1.165) is 24.5 Å². The molecule has 16 heavy (non-hydrogen) atoms. The number of rotatable bonds is 5. The minimum Gasteiger partial charge on any atom is -0.478 e. The summed E-state index contributed by atoms with van der Waals surface area (Å²) in [5, 5.41) is 0. The Labute approximate surface area is 97.0 Å². The number of ether oxygens (including phenoxy) is 1. The number of hydrogen-bond acceptors (Lipinski definition) is 3. The van der Waals surface area contributed by atoms with Crippen molar-refractivity contribution >= 4 is 0 Å². The van der Waals surface area contributed by atoms with Gasteiger partial charge in [-0.05, 0) is 30.9 Å². The molecule has 0 spiro atoms. The Morgan fingerprint density at radius 2 is 2.38 bits per heavy atom. The second-order valence-electron chi connectivity index (χ2n) is 4.65.